The summed E-state index contributed by atoms with van der Waals surface area (Å²) in [6.45, 7) is 6.68. The Morgan fingerprint density at radius 1 is 1.17 bits per heavy atom. The molecule has 2 aliphatic rings. The van der Waals surface area contributed by atoms with Crippen molar-refractivity contribution in [2.75, 3.05) is 12.4 Å². The van der Waals surface area contributed by atoms with E-state index in [9.17, 15) is 15.0 Å². The molecule has 1 amide bonds. The SMILES string of the molecule is COC1C(=O)Nc2ccc(C=C3CC(C)CC3(C)C)c(O)c2C1(O)c1ccccc1. The molecule has 158 valence electrons. The van der Waals surface area contributed by atoms with Crippen LogP contribution in [0.3, 0.4) is 0 Å². The van der Waals surface area contributed by atoms with E-state index in [0.717, 1.165) is 12.8 Å². The predicted molar refractivity (Wildman–Crippen MR) is 117 cm³/mol. The third-order valence-electron chi connectivity index (χ3n) is 6.54. The Bertz CT molecular complexity index is 1010. The Morgan fingerprint density at radius 2 is 1.87 bits per heavy atom. The average Bonchev–Trinajstić information content (AvgIpc) is 2.95. The van der Waals surface area contributed by atoms with Gasteiger partial charge in [-0.05, 0) is 41.9 Å². The van der Waals surface area contributed by atoms with Crippen LogP contribution in [0.2, 0.25) is 0 Å². The predicted octanol–water partition coefficient (Wildman–Crippen LogP) is 4.43. The maximum absolute atomic E-state index is 12.7. The largest absolute Gasteiger partial charge is 0.507 e. The minimum Gasteiger partial charge on any atom is -0.507 e. The van der Waals surface area contributed by atoms with Gasteiger partial charge in [0.25, 0.3) is 5.91 Å². The van der Waals surface area contributed by atoms with Crippen LogP contribution < -0.4 is 5.32 Å². The van der Waals surface area contributed by atoms with Crippen molar-refractivity contribution in [2.24, 2.45) is 11.3 Å². The van der Waals surface area contributed by atoms with Gasteiger partial charge >= 0.3 is 0 Å². The van der Waals surface area contributed by atoms with Crippen molar-refractivity contribution in [1.82, 2.24) is 0 Å². The van der Waals surface area contributed by atoms with Gasteiger partial charge in [0.1, 0.15) is 5.75 Å². The normalized spacial score (nSPS) is 29.0. The summed E-state index contributed by atoms with van der Waals surface area (Å²) in [5, 5.41) is 26.0. The van der Waals surface area contributed by atoms with E-state index in [1.807, 2.05) is 12.1 Å². The molecule has 1 fully saturated rings. The van der Waals surface area contributed by atoms with Gasteiger partial charge in [0.05, 0.1) is 11.3 Å². The second kappa shape index (κ2) is 7.25. The number of carbonyl (C=O) groups is 1. The fraction of sp³-hybridized carbons (Fsp3) is 0.400. The fourth-order valence-corrected chi connectivity index (χ4v) is 5.17. The lowest BCUT2D eigenvalue weighted by Gasteiger charge is -2.40. The van der Waals surface area contributed by atoms with Gasteiger partial charge in [0.15, 0.2) is 11.7 Å². The van der Waals surface area contributed by atoms with E-state index in [2.05, 4.69) is 26.1 Å². The first-order valence-electron chi connectivity index (χ1n) is 10.4. The number of amides is 1. The fourth-order valence-electron chi connectivity index (χ4n) is 5.17. The Balaban J connectivity index is 1.93. The summed E-state index contributed by atoms with van der Waals surface area (Å²) in [7, 11) is 1.38. The number of phenolic OH excluding ortho intramolecular Hbond substituents is 1. The number of phenols is 1. The number of allylic oxidation sites excluding steroid dienone is 1. The van der Waals surface area contributed by atoms with E-state index >= 15 is 0 Å². The molecule has 0 saturated heterocycles. The Morgan fingerprint density at radius 3 is 2.47 bits per heavy atom. The molecule has 5 heteroatoms. The number of benzene rings is 2. The number of aliphatic hydroxyl groups is 1. The molecule has 0 radical (unpaired) electrons. The van der Waals surface area contributed by atoms with Crippen molar-refractivity contribution < 1.29 is 19.7 Å². The van der Waals surface area contributed by atoms with Gasteiger partial charge in [-0.2, -0.15) is 0 Å². The highest BCUT2D eigenvalue weighted by Gasteiger charge is 2.51. The number of nitrogens with one attached hydrogen (secondary N) is 1. The summed E-state index contributed by atoms with van der Waals surface area (Å²) in [6.07, 6.45) is 2.91. The van der Waals surface area contributed by atoms with Crippen LogP contribution in [-0.2, 0) is 15.1 Å². The number of methoxy groups -OCH3 is 1. The summed E-state index contributed by atoms with van der Waals surface area (Å²) < 4.78 is 5.42. The third kappa shape index (κ3) is 3.13. The monoisotopic (exact) mass is 407 g/mol. The molecular weight excluding hydrogens is 378 g/mol. The number of rotatable bonds is 3. The zero-order chi connectivity index (χ0) is 21.7. The highest BCUT2D eigenvalue weighted by Crippen LogP contribution is 2.50. The van der Waals surface area contributed by atoms with Crippen LogP contribution in [0.5, 0.6) is 5.75 Å². The van der Waals surface area contributed by atoms with Crippen molar-refractivity contribution >= 4 is 17.7 Å². The minimum absolute atomic E-state index is 0.0382. The van der Waals surface area contributed by atoms with E-state index in [0.29, 0.717) is 22.7 Å². The number of ether oxygens (including phenoxy) is 1. The van der Waals surface area contributed by atoms with Crippen LogP contribution in [0, 0.1) is 11.3 Å². The van der Waals surface area contributed by atoms with Crippen molar-refractivity contribution in [3.8, 4) is 5.75 Å². The summed E-state index contributed by atoms with van der Waals surface area (Å²) in [6, 6.07) is 12.4. The van der Waals surface area contributed by atoms with Gasteiger partial charge in [0.2, 0.25) is 0 Å². The minimum atomic E-state index is -1.81. The average molecular weight is 408 g/mol. The first-order valence-corrected chi connectivity index (χ1v) is 10.4. The van der Waals surface area contributed by atoms with Crippen molar-refractivity contribution in [1.29, 1.82) is 0 Å². The molecule has 1 aliphatic heterocycles. The molecule has 1 heterocycles. The van der Waals surface area contributed by atoms with Gasteiger partial charge in [-0.3, -0.25) is 4.79 Å². The highest BCUT2D eigenvalue weighted by atomic mass is 16.5. The zero-order valence-electron chi connectivity index (χ0n) is 17.9. The quantitative estimate of drug-likeness (QED) is 0.703. The van der Waals surface area contributed by atoms with Gasteiger partial charge in [-0.15, -0.1) is 0 Å². The van der Waals surface area contributed by atoms with Gasteiger partial charge in [0, 0.05) is 12.7 Å². The molecule has 2 aromatic rings. The first kappa shape index (κ1) is 20.6. The second-order valence-electron chi connectivity index (χ2n) is 9.23. The Hall–Kier alpha value is -2.63. The van der Waals surface area contributed by atoms with E-state index in [4.69, 9.17) is 4.74 Å². The molecule has 30 heavy (non-hydrogen) atoms. The van der Waals surface area contributed by atoms with Crippen molar-refractivity contribution in [3.63, 3.8) is 0 Å². The van der Waals surface area contributed by atoms with Crippen LogP contribution in [0.15, 0.2) is 48.0 Å². The lowest BCUT2D eigenvalue weighted by Crippen LogP contribution is -2.52. The molecule has 2 aromatic carbocycles. The maximum Gasteiger partial charge on any atom is 0.257 e. The maximum atomic E-state index is 12.7. The molecule has 0 aromatic heterocycles. The van der Waals surface area contributed by atoms with Gasteiger partial charge in [-0.25, -0.2) is 0 Å². The molecule has 3 N–H and O–H groups in total. The number of aromatic hydroxyl groups is 1. The number of hydrogen-bond acceptors (Lipinski definition) is 4. The number of hydrogen-bond donors (Lipinski definition) is 3. The van der Waals surface area contributed by atoms with Crippen LogP contribution in [0.25, 0.3) is 6.08 Å². The van der Waals surface area contributed by atoms with Crippen molar-refractivity contribution in [2.45, 2.75) is 45.3 Å². The summed E-state index contributed by atoms with van der Waals surface area (Å²) in [4.78, 5) is 12.7. The van der Waals surface area contributed by atoms with Crippen LogP contribution in [0.4, 0.5) is 5.69 Å². The number of carbonyl (C=O) groups excluding carboxylic acids is 1. The van der Waals surface area contributed by atoms with Crippen LogP contribution in [0.1, 0.15) is 50.3 Å². The van der Waals surface area contributed by atoms with E-state index in [1.54, 1.807) is 36.4 Å². The van der Waals surface area contributed by atoms with Crippen LogP contribution >= 0.6 is 0 Å². The summed E-state index contributed by atoms with van der Waals surface area (Å²) in [5.74, 6) is 0.0980. The molecular formula is C25H29NO4. The van der Waals surface area contributed by atoms with E-state index in [-0.39, 0.29) is 16.7 Å². The Kier molecular flexibility index (Phi) is 4.99. The van der Waals surface area contributed by atoms with Gasteiger partial charge < -0.3 is 20.3 Å². The van der Waals surface area contributed by atoms with Crippen molar-refractivity contribution in [3.05, 3.63) is 64.7 Å². The summed E-state index contributed by atoms with van der Waals surface area (Å²) >= 11 is 0. The molecule has 3 atom stereocenters. The number of anilines is 1. The molecule has 5 nitrogen and oxygen atoms in total. The number of fused-ring (bicyclic) bond motifs is 1. The standard InChI is InChI=1S/C25H29NO4/c1-15-12-18(24(2,3)14-15)13-16-10-11-19-20(21(16)27)25(29,17-8-6-5-7-9-17)22(30-4)23(28)26-19/h5-11,13,15,22,27,29H,12,14H2,1-4H3,(H,26,28). The first-order chi connectivity index (χ1) is 14.2. The lowest BCUT2D eigenvalue weighted by atomic mass is 9.76. The molecule has 3 unspecified atom stereocenters. The highest BCUT2D eigenvalue weighted by molar-refractivity contribution is 6.00. The Labute approximate surface area is 177 Å². The molecule has 4 rings (SSSR count). The second-order valence-corrected chi connectivity index (χ2v) is 9.23. The molecule has 1 aliphatic carbocycles. The third-order valence-corrected chi connectivity index (χ3v) is 6.54. The smallest absolute Gasteiger partial charge is 0.257 e. The van der Waals surface area contributed by atoms with E-state index < -0.39 is 17.6 Å². The molecule has 0 spiro atoms. The van der Waals surface area contributed by atoms with Crippen LogP contribution in [-0.4, -0.2) is 29.3 Å². The summed E-state index contributed by atoms with van der Waals surface area (Å²) in [5.41, 5.74) is 1.29. The van der Waals surface area contributed by atoms with E-state index in [1.165, 1.54) is 12.7 Å². The zero-order valence-corrected chi connectivity index (χ0v) is 17.9. The topological polar surface area (TPSA) is 78.8 Å². The molecule has 0 bridgehead atoms. The molecule has 1 saturated carbocycles. The van der Waals surface area contributed by atoms with Gasteiger partial charge in [-0.1, -0.05) is 62.8 Å². The lowest BCUT2D eigenvalue weighted by molar-refractivity contribution is -0.142.